The maximum Gasteiger partial charge on any atom is 0.255 e. The van der Waals surface area contributed by atoms with E-state index in [1.165, 1.54) is 6.26 Å². The van der Waals surface area contributed by atoms with E-state index < -0.39 is 9.84 Å². The molecule has 6 nitrogen and oxygen atoms in total. The highest BCUT2D eigenvalue weighted by Gasteiger charge is 2.19. The third kappa shape index (κ3) is 4.14. The van der Waals surface area contributed by atoms with Crippen LogP contribution in [0.15, 0.2) is 65.7 Å². The van der Waals surface area contributed by atoms with Crippen LogP contribution in [0.4, 0.5) is 0 Å². The van der Waals surface area contributed by atoms with Gasteiger partial charge in [-0.3, -0.25) is 4.79 Å². The summed E-state index contributed by atoms with van der Waals surface area (Å²) in [5, 5.41) is 7.35. The van der Waals surface area contributed by atoms with Gasteiger partial charge in [0.25, 0.3) is 5.91 Å². The Hall–Kier alpha value is -2.93. The van der Waals surface area contributed by atoms with Crippen LogP contribution in [0.1, 0.15) is 41.5 Å². The number of sulfone groups is 1. The fourth-order valence-corrected chi connectivity index (χ4v) is 3.69. The van der Waals surface area contributed by atoms with Gasteiger partial charge in [-0.1, -0.05) is 37.3 Å². The van der Waals surface area contributed by atoms with Gasteiger partial charge in [0.15, 0.2) is 9.84 Å². The number of rotatable bonds is 6. The van der Waals surface area contributed by atoms with E-state index in [0.717, 1.165) is 16.9 Å². The first-order valence-electron chi connectivity index (χ1n) is 9.04. The molecule has 3 aromatic rings. The number of nitrogens with one attached hydrogen (secondary N) is 1. The van der Waals surface area contributed by atoms with Crippen LogP contribution in [-0.2, 0) is 16.3 Å². The van der Waals surface area contributed by atoms with Crippen molar-refractivity contribution in [2.45, 2.75) is 31.2 Å². The van der Waals surface area contributed by atoms with E-state index >= 15 is 0 Å². The van der Waals surface area contributed by atoms with Crippen LogP contribution in [0, 0.1) is 0 Å². The van der Waals surface area contributed by atoms with Crippen molar-refractivity contribution in [2.75, 3.05) is 6.26 Å². The van der Waals surface area contributed by atoms with Gasteiger partial charge in [0, 0.05) is 6.26 Å². The van der Waals surface area contributed by atoms with Gasteiger partial charge in [0.2, 0.25) is 0 Å². The summed E-state index contributed by atoms with van der Waals surface area (Å²) in [6.07, 6.45) is 3.42. The molecule has 1 unspecified atom stereocenters. The second kappa shape index (κ2) is 7.98. The Balaban J connectivity index is 1.80. The molecule has 1 heterocycles. The summed E-state index contributed by atoms with van der Waals surface area (Å²) in [5.41, 5.74) is 3.10. The summed E-state index contributed by atoms with van der Waals surface area (Å²) >= 11 is 0. The molecule has 146 valence electrons. The van der Waals surface area contributed by atoms with Crippen molar-refractivity contribution in [3.63, 3.8) is 0 Å². The lowest BCUT2D eigenvalue weighted by molar-refractivity contribution is 0.0939. The summed E-state index contributed by atoms with van der Waals surface area (Å²) in [5.74, 6) is -0.210. The average molecular weight is 398 g/mol. The van der Waals surface area contributed by atoms with Gasteiger partial charge in [-0.2, -0.15) is 5.10 Å². The molecular formula is C21H23N3O3S. The van der Waals surface area contributed by atoms with Gasteiger partial charge in [-0.05, 0) is 43.2 Å². The SMILES string of the molecule is CCc1c(C(=O)NC(C)c2ccc(S(C)(=O)=O)cc2)cnn1-c1ccccc1. The summed E-state index contributed by atoms with van der Waals surface area (Å²) in [6.45, 7) is 3.85. The summed E-state index contributed by atoms with van der Waals surface area (Å²) < 4.78 is 25.0. The zero-order valence-corrected chi connectivity index (χ0v) is 16.9. The minimum Gasteiger partial charge on any atom is -0.345 e. The Labute approximate surface area is 165 Å². The Morgan fingerprint density at radius 3 is 2.32 bits per heavy atom. The minimum atomic E-state index is -3.24. The molecule has 0 aliphatic heterocycles. The van der Waals surface area contributed by atoms with Gasteiger partial charge in [0.1, 0.15) is 0 Å². The number of carbonyl (C=O) groups excluding carboxylic acids is 1. The highest BCUT2D eigenvalue weighted by Crippen LogP contribution is 2.19. The van der Waals surface area contributed by atoms with Gasteiger partial charge >= 0.3 is 0 Å². The van der Waals surface area contributed by atoms with Gasteiger partial charge in [-0.15, -0.1) is 0 Å². The van der Waals surface area contributed by atoms with Gasteiger partial charge in [0.05, 0.1) is 34.1 Å². The average Bonchev–Trinajstić information content (AvgIpc) is 3.12. The monoisotopic (exact) mass is 397 g/mol. The maximum atomic E-state index is 12.8. The summed E-state index contributed by atoms with van der Waals surface area (Å²) in [6, 6.07) is 16.0. The van der Waals surface area contributed by atoms with Crippen molar-refractivity contribution in [1.29, 1.82) is 0 Å². The molecule has 0 aliphatic rings. The van der Waals surface area contributed by atoms with E-state index in [0.29, 0.717) is 12.0 Å². The Bertz CT molecular complexity index is 1070. The number of nitrogens with zero attached hydrogens (tertiary/aromatic N) is 2. The zero-order valence-electron chi connectivity index (χ0n) is 16.1. The van der Waals surface area contributed by atoms with Crippen molar-refractivity contribution in [3.8, 4) is 5.69 Å². The summed E-state index contributed by atoms with van der Waals surface area (Å²) in [4.78, 5) is 13.1. The van der Waals surface area contributed by atoms with Crippen LogP contribution in [0.3, 0.4) is 0 Å². The van der Waals surface area contributed by atoms with Crippen molar-refractivity contribution in [3.05, 3.63) is 77.6 Å². The first kappa shape index (κ1) is 19.8. The van der Waals surface area contributed by atoms with Crippen molar-refractivity contribution in [1.82, 2.24) is 15.1 Å². The first-order chi connectivity index (χ1) is 13.3. The lowest BCUT2D eigenvalue weighted by atomic mass is 10.1. The zero-order chi connectivity index (χ0) is 20.3. The van der Waals surface area contributed by atoms with Crippen LogP contribution in [-0.4, -0.2) is 30.4 Å². The number of hydrogen-bond donors (Lipinski definition) is 1. The molecule has 1 N–H and O–H groups in total. The minimum absolute atomic E-state index is 0.210. The molecule has 7 heteroatoms. The quantitative estimate of drug-likeness (QED) is 0.692. The standard InChI is InChI=1S/C21H23N3O3S/c1-4-20-19(14-22-24(20)17-8-6-5-7-9-17)21(25)23-15(2)16-10-12-18(13-11-16)28(3,26)27/h5-15H,4H2,1-3H3,(H,23,25). The van der Waals surface area contributed by atoms with Gasteiger partial charge in [-0.25, -0.2) is 13.1 Å². The number of aromatic nitrogens is 2. The molecule has 3 rings (SSSR count). The predicted octanol–water partition coefficient (Wildman–Crippen LogP) is 3.33. The third-order valence-corrected chi connectivity index (χ3v) is 5.73. The maximum absolute atomic E-state index is 12.8. The molecule has 1 amide bonds. The van der Waals surface area contributed by atoms with Crippen LogP contribution >= 0.6 is 0 Å². The van der Waals surface area contributed by atoms with Crippen molar-refractivity contribution < 1.29 is 13.2 Å². The first-order valence-corrected chi connectivity index (χ1v) is 10.9. The van der Waals surface area contributed by atoms with E-state index in [1.54, 1.807) is 35.1 Å². The molecule has 0 saturated carbocycles. The lowest BCUT2D eigenvalue weighted by Gasteiger charge is -2.15. The second-order valence-electron chi connectivity index (χ2n) is 6.64. The van der Waals surface area contributed by atoms with Crippen molar-refractivity contribution in [2.24, 2.45) is 0 Å². The topological polar surface area (TPSA) is 81.1 Å². The van der Waals surface area contributed by atoms with E-state index in [4.69, 9.17) is 0 Å². The largest absolute Gasteiger partial charge is 0.345 e. The second-order valence-corrected chi connectivity index (χ2v) is 8.66. The Kier molecular flexibility index (Phi) is 5.65. The number of hydrogen-bond acceptors (Lipinski definition) is 4. The molecule has 1 aromatic heterocycles. The predicted molar refractivity (Wildman–Crippen MR) is 108 cm³/mol. The van der Waals surface area contributed by atoms with E-state index in [-0.39, 0.29) is 16.8 Å². The number of amides is 1. The van der Waals surface area contributed by atoms with E-state index in [1.807, 2.05) is 44.2 Å². The smallest absolute Gasteiger partial charge is 0.255 e. The molecule has 0 spiro atoms. The van der Waals surface area contributed by atoms with Crippen LogP contribution in [0.25, 0.3) is 5.69 Å². The molecule has 2 aromatic carbocycles. The normalized spacial score (nSPS) is 12.5. The van der Waals surface area contributed by atoms with E-state index in [2.05, 4.69) is 10.4 Å². The molecule has 0 bridgehead atoms. The molecule has 0 saturated heterocycles. The molecule has 0 fully saturated rings. The molecular weight excluding hydrogens is 374 g/mol. The van der Waals surface area contributed by atoms with Crippen LogP contribution in [0.2, 0.25) is 0 Å². The molecule has 0 radical (unpaired) electrons. The highest BCUT2D eigenvalue weighted by atomic mass is 32.2. The molecule has 1 atom stereocenters. The van der Waals surface area contributed by atoms with E-state index in [9.17, 15) is 13.2 Å². The fourth-order valence-electron chi connectivity index (χ4n) is 3.06. The molecule has 0 aliphatic carbocycles. The molecule has 28 heavy (non-hydrogen) atoms. The van der Waals surface area contributed by atoms with Crippen LogP contribution in [0.5, 0.6) is 0 Å². The summed E-state index contributed by atoms with van der Waals surface area (Å²) in [7, 11) is -3.24. The number of benzene rings is 2. The Morgan fingerprint density at radius 2 is 1.75 bits per heavy atom. The van der Waals surface area contributed by atoms with Crippen LogP contribution < -0.4 is 5.32 Å². The fraction of sp³-hybridized carbons (Fsp3) is 0.238. The number of carbonyl (C=O) groups is 1. The number of para-hydroxylation sites is 1. The van der Waals surface area contributed by atoms with Gasteiger partial charge < -0.3 is 5.32 Å². The third-order valence-electron chi connectivity index (χ3n) is 4.61. The highest BCUT2D eigenvalue weighted by molar-refractivity contribution is 7.90. The Morgan fingerprint density at radius 1 is 1.11 bits per heavy atom. The lowest BCUT2D eigenvalue weighted by Crippen LogP contribution is -2.27. The van der Waals surface area contributed by atoms with Crippen molar-refractivity contribution >= 4 is 15.7 Å².